The summed E-state index contributed by atoms with van der Waals surface area (Å²) in [6.45, 7) is 6.94. The Bertz CT molecular complexity index is 1730. The molecule has 2 saturated heterocycles. The van der Waals surface area contributed by atoms with Gasteiger partial charge in [0.1, 0.15) is 6.04 Å². The standard InChI is InChI=1S/C40H44N4O4S/c1-3-41(4-2)30-18-20-31(21-19-30)43-24-12-22-40-35(34-33(49-40)17-11-23-42(37(34)46)26-29-15-9-6-10-16-29)38(47)44(36(40)39(43)48)32(27-45)25-28-13-7-5-8-14-28/h5-22,32-36,45H,3-4,23-27H2,1-2H3/t32-,33+,34-,35+,36?,40+/m1/s1. The van der Waals surface area contributed by atoms with Crippen LogP contribution in [-0.2, 0) is 27.3 Å². The second kappa shape index (κ2) is 13.9. The van der Waals surface area contributed by atoms with Gasteiger partial charge >= 0.3 is 0 Å². The molecule has 1 spiro atoms. The number of hydrogen-bond acceptors (Lipinski definition) is 6. The Morgan fingerprint density at radius 1 is 0.837 bits per heavy atom. The molecule has 0 bridgehead atoms. The van der Waals surface area contributed by atoms with Gasteiger partial charge in [-0.25, -0.2) is 0 Å². The molecule has 4 aliphatic rings. The third-order valence-electron chi connectivity index (χ3n) is 10.6. The molecular formula is C40H44N4O4S. The highest BCUT2D eigenvalue weighted by Gasteiger charge is 2.71. The van der Waals surface area contributed by atoms with E-state index in [1.807, 2.05) is 108 Å². The van der Waals surface area contributed by atoms with E-state index in [0.717, 1.165) is 35.6 Å². The average Bonchev–Trinajstić information content (AvgIpc) is 3.46. The Labute approximate surface area is 293 Å². The van der Waals surface area contributed by atoms with Crippen molar-refractivity contribution in [2.45, 2.75) is 48.9 Å². The highest BCUT2D eigenvalue weighted by molar-refractivity contribution is 8.02. The largest absolute Gasteiger partial charge is 0.394 e. The summed E-state index contributed by atoms with van der Waals surface area (Å²) in [5.41, 5.74) is 3.83. The summed E-state index contributed by atoms with van der Waals surface area (Å²) < 4.78 is -0.973. The molecule has 1 N–H and O–H groups in total. The van der Waals surface area contributed by atoms with Crippen LogP contribution in [0, 0.1) is 11.8 Å². The zero-order valence-corrected chi connectivity index (χ0v) is 28.9. The highest BCUT2D eigenvalue weighted by Crippen LogP contribution is 2.61. The van der Waals surface area contributed by atoms with Gasteiger partial charge in [-0.2, -0.15) is 0 Å². The second-order valence-corrected chi connectivity index (χ2v) is 14.8. The van der Waals surface area contributed by atoms with E-state index in [1.165, 1.54) is 0 Å². The summed E-state index contributed by atoms with van der Waals surface area (Å²) in [6.07, 6.45) is 8.54. The van der Waals surface area contributed by atoms with E-state index < -0.39 is 28.7 Å². The SMILES string of the molecule is CCN(CC)c1ccc(N2CC=C[C@]34S[C@H]5C=CCN(Cc6ccccc6)C(=O)[C@H]5[C@H]3C(=O)N([C@@H](CO)Cc3ccccc3)C4C2=O)cc1. The molecule has 8 nitrogen and oxygen atoms in total. The van der Waals surface area contributed by atoms with Crippen LogP contribution in [-0.4, -0.2) is 87.5 Å². The monoisotopic (exact) mass is 676 g/mol. The lowest BCUT2D eigenvalue weighted by atomic mass is 9.78. The fraction of sp³-hybridized carbons (Fsp3) is 0.375. The van der Waals surface area contributed by atoms with Crippen molar-refractivity contribution in [2.75, 3.05) is 42.6 Å². The molecule has 4 heterocycles. The topological polar surface area (TPSA) is 84.4 Å². The first-order valence-corrected chi connectivity index (χ1v) is 18.3. The van der Waals surface area contributed by atoms with Crippen LogP contribution in [0.5, 0.6) is 0 Å². The van der Waals surface area contributed by atoms with E-state index >= 15 is 4.79 Å². The summed E-state index contributed by atoms with van der Waals surface area (Å²) >= 11 is 1.57. The summed E-state index contributed by atoms with van der Waals surface area (Å²) in [7, 11) is 0. The number of fused-ring (bicyclic) bond motifs is 2. The Balaban J connectivity index is 1.29. The molecule has 3 aromatic rings. The number of aliphatic hydroxyl groups excluding tert-OH is 1. The zero-order chi connectivity index (χ0) is 34.1. The maximum absolute atomic E-state index is 15.1. The van der Waals surface area contributed by atoms with Gasteiger partial charge in [0.05, 0.1) is 29.2 Å². The van der Waals surface area contributed by atoms with Crippen LogP contribution in [0.25, 0.3) is 0 Å². The predicted molar refractivity (Wildman–Crippen MR) is 195 cm³/mol. The number of carbonyl (C=O) groups is 3. The Morgan fingerprint density at radius 2 is 1.51 bits per heavy atom. The van der Waals surface area contributed by atoms with Crippen molar-refractivity contribution in [1.29, 1.82) is 0 Å². The molecule has 7 rings (SSSR count). The Hall–Kier alpha value is -4.34. The first kappa shape index (κ1) is 33.2. The molecule has 0 radical (unpaired) electrons. The van der Waals surface area contributed by atoms with E-state index in [4.69, 9.17) is 0 Å². The molecule has 1 unspecified atom stereocenters. The third-order valence-corrected chi connectivity index (χ3v) is 12.3. The quantitative estimate of drug-likeness (QED) is 0.307. The Kier molecular flexibility index (Phi) is 9.40. The number of benzene rings is 3. The number of rotatable bonds is 10. The van der Waals surface area contributed by atoms with Crippen LogP contribution in [0.4, 0.5) is 11.4 Å². The van der Waals surface area contributed by atoms with Crippen LogP contribution in [0.15, 0.2) is 109 Å². The van der Waals surface area contributed by atoms with E-state index in [2.05, 4.69) is 24.8 Å². The van der Waals surface area contributed by atoms with Gasteiger partial charge in [0.2, 0.25) is 11.8 Å². The predicted octanol–water partition coefficient (Wildman–Crippen LogP) is 4.94. The van der Waals surface area contributed by atoms with Crippen LogP contribution in [0.3, 0.4) is 0 Å². The normalized spacial score (nSPS) is 26.7. The minimum Gasteiger partial charge on any atom is -0.394 e. The van der Waals surface area contributed by atoms with Gasteiger partial charge in [0.25, 0.3) is 5.91 Å². The Morgan fingerprint density at radius 3 is 2.16 bits per heavy atom. The first-order valence-electron chi connectivity index (χ1n) is 17.4. The van der Waals surface area contributed by atoms with Gasteiger partial charge in [-0.3, -0.25) is 14.4 Å². The average molecular weight is 677 g/mol. The molecule has 254 valence electrons. The van der Waals surface area contributed by atoms with E-state index in [-0.39, 0.29) is 29.6 Å². The van der Waals surface area contributed by atoms with Crippen molar-refractivity contribution in [2.24, 2.45) is 11.8 Å². The molecule has 49 heavy (non-hydrogen) atoms. The summed E-state index contributed by atoms with van der Waals surface area (Å²) in [5, 5.41) is 10.6. The van der Waals surface area contributed by atoms with E-state index in [9.17, 15) is 14.7 Å². The van der Waals surface area contributed by atoms with Gasteiger partial charge in [-0.05, 0) is 55.7 Å². The van der Waals surface area contributed by atoms with Crippen molar-refractivity contribution in [3.8, 4) is 0 Å². The highest BCUT2D eigenvalue weighted by atomic mass is 32.2. The maximum Gasteiger partial charge on any atom is 0.251 e. The van der Waals surface area contributed by atoms with Gasteiger partial charge < -0.3 is 24.7 Å². The van der Waals surface area contributed by atoms with Crippen molar-refractivity contribution < 1.29 is 19.5 Å². The lowest BCUT2D eigenvalue weighted by Gasteiger charge is -2.38. The minimum atomic E-state index is -0.973. The number of hydrogen-bond donors (Lipinski definition) is 1. The zero-order valence-electron chi connectivity index (χ0n) is 28.1. The smallest absolute Gasteiger partial charge is 0.251 e. The lowest BCUT2D eigenvalue weighted by molar-refractivity contribution is -0.144. The van der Waals surface area contributed by atoms with Gasteiger partial charge in [-0.1, -0.05) is 85.0 Å². The maximum atomic E-state index is 15.1. The molecule has 0 aliphatic carbocycles. The minimum absolute atomic E-state index is 0.0697. The fourth-order valence-corrected chi connectivity index (χ4v) is 10.3. The van der Waals surface area contributed by atoms with Crippen LogP contribution >= 0.6 is 11.8 Å². The summed E-state index contributed by atoms with van der Waals surface area (Å²) in [6, 6.07) is 26.2. The van der Waals surface area contributed by atoms with Gasteiger partial charge in [0, 0.05) is 49.3 Å². The van der Waals surface area contributed by atoms with E-state index in [1.54, 1.807) is 21.6 Å². The van der Waals surface area contributed by atoms with Crippen molar-refractivity contribution >= 4 is 40.9 Å². The molecular weight excluding hydrogens is 633 g/mol. The van der Waals surface area contributed by atoms with Crippen LogP contribution in [0.2, 0.25) is 0 Å². The summed E-state index contributed by atoms with van der Waals surface area (Å²) in [5.74, 6) is -1.89. The number of carbonyl (C=O) groups excluding carboxylic acids is 3. The number of nitrogens with zero attached hydrogens (tertiary/aromatic N) is 4. The lowest BCUT2D eigenvalue weighted by Crippen LogP contribution is -2.57. The van der Waals surface area contributed by atoms with Crippen molar-refractivity contribution in [1.82, 2.24) is 9.80 Å². The number of aliphatic hydroxyl groups is 1. The number of amides is 3. The second-order valence-electron chi connectivity index (χ2n) is 13.3. The van der Waals surface area contributed by atoms with Gasteiger partial charge in [-0.15, -0.1) is 11.8 Å². The number of likely N-dealkylation sites (tertiary alicyclic amines) is 1. The molecule has 0 aromatic heterocycles. The number of thioether (sulfide) groups is 1. The molecule has 6 atom stereocenters. The van der Waals surface area contributed by atoms with Crippen LogP contribution in [0.1, 0.15) is 25.0 Å². The van der Waals surface area contributed by atoms with Crippen LogP contribution < -0.4 is 9.80 Å². The first-order chi connectivity index (χ1) is 23.9. The fourth-order valence-electron chi connectivity index (χ4n) is 8.27. The molecule has 2 fully saturated rings. The van der Waals surface area contributed by atoms with E-state index in [0.29, 0.717) is 26.1 Å². The molecule has 4 aliphatic heterocycles. The molecule has 0 saturated carbocycles. The van der Waals surface area contributed by atoms with Crippen molar-refractivity contribution in [3.05, 3.63) is 120 Å². The summed E-state index contributed by atoms with van der Waals surface area (Å²) in [4.78, 5) is 52.1. The molecule has 3 aromatic carbocycles. The molecule has 9 heteroatoms. The van der Waals surface area contributed by atoms with Gasteiger partial charge in [0.15, 0.2) is 0 Å². The third kappa shape index (κ3) is 5.87. The molecule has 3 amide bonds. The number of anilines is 2. The van der Waals surface area contributed by atoms with Crippen molar-refractivity contribution in [3.63, 3.8) is 0 Å².